The number of hydrogen-bond acceptors (Lipinski definition) is 3. The first-order chi connectivity index (χ1) is 8.54. The zero-order valence-corrected chi connectivity index (χ0v) is 11.2. The number of hydrogen-bond donors (Lipinski definition) is 0. The van der Waals surface area contributed by atoms with E-state index >= 15 is 0 Å². The van der Waals surface area contributed by atoms with Crippen LogP contribution in [-0.2, 0) is 0 Å². The Hall–Kier alpha value is -1.81. The summed E-state index contributed by atoms with van der Waals surface area (Å²) in [4.78, 5) is 14.2. The van der Waals surface area contributed by atoms with Crippen LogP contribution in [0, 0.1) is 0 Å². The summed E-state index contributed by atoms with van der Waals surface area (Å²) in [5.74, 6) is 0.908. The number of rotatable bonds is 4. The lowest BCUT2D eigenvalue weighted by molar-refractivity contribution is 0.0892. The molecule has 0 amide bonds. The van der Waals surface area contributed by atoms with Crippen LogP contribution in [0.25, 0.3) is 5.52 Å². The minimum atomic E-state index is -0.127. The highest BCUT2D eigenvalue weighted by Crippen LogP contribution is 2.19. The molecule has 18 heavy (non-hydrogen) atoms. The van der Waals surface area contributed by atoms with E-state index in [-0.39, 0.29) is 11.8 Å². The summed E-state index contributed by atoms with van der Waals surface area (Å²) in [5, 5.41) is 0. The summed E-state index contributed by atoms with van der Waals surface area (Å²) >= 11 is 0. The Morgan fingerprint density at radius 1 is 1.33 bits per heavy atom. The Morgan fingerprint density at radius 2 is 2.06 bits per heavy atom. The third-order valence-corrected chi connectivity index (χ3v) is 3.28. The van der Waals surface area contributed by atoms with Crippen molar-refractivity contribution in [2.75, 3.05) is 21.2 Å². The molecule has 96 valence electrons. The Kier molecular flexibility index (Phi) is 3.39. The van der Waals surface area contributed by atoms with Crippen molar-refractivity contribution in [1.29, 1.82) is 0 Å². The van der Waals surface area contributed by atoms with E-state index in [0.717, 1.165) is 16.8 Å². The molecular formula is C14H18N2O2. The van der Waals surface area contributed by atoms with Gasteiger partial charge in [-0.1, -0.05) is 0 Å². The van der Waals surface area contributed by atoms with Crippen LogP contribution in [0.5, 0.6) is 5.75 Å². The third kappa shape index (κ3) is 2.11. The quantitative estimate of drug-likeness (QED) is 0.775. The lowest BCUT2D eigenvalue weighted by atomic mass is 10.1. The molecule has 0 bridgehead atoms. The zero-order valence-electron chi connectivity index (χ0n) is 11.2. The number of methoxy groups -OCH3 is 1. The lowest BCUT2D eigenvalue weighted by Gasteiger charge is -2.17. The van der Waals surface area contributed by atoms with Crippen LogP contribution < -0.4 is 4.74 Å². The molecule has 0 aromatic carbocycles. The Bertz CT molecular complexity index is 572. The minimum Gasteiger partial charge on any atom is -0.495 e. The second kappa shape index (κ2) is 4.82. The number of pyridine rings is 1. The molecule has 1 unspecified atom stereocenters. The second-order valence-electron chi connectivity index (χ2n) is 4.59. The van der Waals surface area contributed by atoms with Crippen LogP contribution >= 0.6 is 0 Å². The van der Waals surface area contributed by atoms with Crippen molar-refractivity contribution in [2.24, 2.45) is 0 Å². The highest BCUT2D eigenvalue weighted by molar-refractivity contribution is 6.05. The number of likely N-dealkylation sites (N-methyl/N-ethyl adjacent to an activating group) is 1. The van der Waals surface area contributed by atoms with Crippen LogP contribution in [0.1, 0.15) is 17.3 Å². The maximum absolute atomic E-state index is 12.3. The average molecular weight is 246 g/mol. The third-order valence-electron chi connectivity index (χ3n) is 3.28. The van der Waals surface area contributed by atoms with Gasteiger partial charge in [-0.2, -0.15) is 0 Å². The molecule has 0 aliphatic carbocycles. The SMILES string of the molecule is COc1ccc2c(C(=O)C(C)N(C)C)ccn2c1. The van der Waals surface area contributed by atoms with Crippen molar-refractivity contribution in [3.05, 3.63) is 36.2 Å². The average Bonchev–Trinajstić information content (AvgIpc) is 2.79. The molecule has 0 N–H and O–H groups in total. The van der Waals surface area contributed by atoms with Gasteiger partial charge in [0.1, 0.15) is 5.75 Å². The van der Waals surface area contributed by atoms with Gasteiger partial charge >= 0.3 is 0 Å². The van der Waals surface area contributed by atoms with E-state index in [9.17, 15) is 4.79 Å². The van der Waals surface area contributed by atoms with Gasteiger partial charge in [0, 0.05) is 11.8 Å². The fourth-order valence-electron chi connectivity index (χ4n) is 1.88. The Labute approximate surface area is 107 Å². The van der Waals surface area contributed by atoms with E-state index in [1.807, 2.05) is 60.9 Å². The summed E-state index contributed by atoms with van der Waals surface area (Å²) in [6, 6.07) is 5.51. The smallest absolute Gasteiger partial charge is 0.181 e. The molecule has 2 aromatic rings. The van der Waals surface area contributed by atoms with E-state index in [4.69, 9.17) is 4.74 Å². The number of nitrogens with zero attached hydrogens (tertiary/aromatic N) is 2. The minimum absolute atomic E-state index is 0.127. The molecule has 0 saturated heterocycles. The van der Waals surface area contributed by atoms with Gasteiger partial charge in [0.2, 0.25) is 0 Å². The second-order valence-corrected chi connectivity index (χ2v) is 4.59. The summed E-state index contributed by atoms with van der Waals surface area (Å²) in [6.45, 7) is 1.91. The van der Waals surface area contributed by atoms with Crippen LogP contribution in [0.2, 0.25) is 0 Å². The lowest BCUT2D eigenvalue weighted by Crippen LogP contribution is -2.32. The molecule has 0 spiro atoms. The van der Waals surface area contributed by atoms with E-state index in [1.54, 1.807) is 7.11 Å². The van der Waals surface area contributed by atoms with Gasteiger partial charge < -0.3 is 9.14 Å². The monoisotopic (exact) mass is 246 g/mol. The van der Waals surface area contributed by atoms with Crippen LogP contribution in [0.15, 0.2) is 30.6 Å². The van der Waals surface area contributed by atoms with Gasteiger partial charge in [0.25, 0.3) is 0 Å². The van der Waals surface area contributed by atoms with Crippen molar-refractivity contribution in [3.8, 4) is 5.75 Å². The van der Waals surface area contributed by atoms with Gasteiger partial charge in [-0.05, 0) is 39.2 Å². The molecule has 0 fully saturated rings. The molecule has 1 atom stereocenters. The Balaban J connectivity index is 2.43. The van der Waals surface area contributed by atoms with Crippen molar-refractivity contribution >= 4 is 11.3 Å². The maximum atomic E-state index is 12.3. The predicted molar refractivity (Wildman–Crippen MR) is 71.4 cm³/mol. The van der Waals surface area contributed by atoms with Gasteiger partial charge in [0.15, 0.2) is 5.78 Å². The predicted octanol–water partition coefficient (Wildman–Crippen LogP) is 2.08. The van der Waals surface area contributed by atoms with Crippen molar-refractivity contribution in [2.45, 2.75) is 13.0 Å². The normalized spacial score (nSPS) is 12.9. The first-order valence-electron chi connectivity index (χ1n) is 5.90. The van der Waals surface area contributed by atoms with Crippen LogP contribution in [0.3, 0.4) is 0 Å². The molecule has 4 heteroatoms. The first kappa shape index (κ1) is 12.6. The van der Waals surface area contributed by atoms with Crippen molar-refractivity contribution in [3.63, 3.8) is 0 Å². The van der Waals surface area contributed by atoms with E-state index < -0.39 is 0 Å². The zero-order chi connectivity index (χ0) is 13.3. The van der Waals surface area contributed by atoms with Gasteiger partial charge in [-0.25, -0.2) is 0 Å². The Morgan fingerprint density at radius 3 is 2.67 bits per heavy atom. The number of fused-ring (bicyclic) bond motifs is 1. The number of ketones is 1. The van der Waals surface area contributed by atoms with Crippen LogP contribution in [0.4, 0.5) is 0 Å². The summed E-state index contributed by atoms with van der Waals surface area (Å²) in [7, 11) is 5.44. The standard InChI is InChI=1S/C14H18N2O2/c1-10(15(2)3)14(17)12-7-8-16-9-11(18-4)5-6-13(12)16/h5-10H,1-4H3. The summed E-state index contributed by atoms with van der Waals surface area (Å²) in [5.41, 5.74) is 1.66. The first-order valence-corrected chi connectivity index (χ1v) is 5.90. The summed E-state index contributed by atoms with van der Waals surface area (Å²) < 4.78 is 7.07. The van der Waals surface area contributed by atoms with Gasteiger partial charge in [0.05, 0.1) is 24.9 Å². The molecule has 4 nitrogen and oxygen atoms in total. The largest absolute Gasteiger partial charge is 0.495 e. The van der Waals surface area contributed by atoms with E-state index in [1.165, 1.54) is 0 Å². The molecule has 2 rings (SSSR count). The molecule has 2 heterocycles. The van der Waals surface area contributed by atoms with E-state index in [0.29, 0.717) is 0 Å². The van der Waals surface area contributed by atoms with Crippen molar-refractivity contribution in [1.82, 2.24) is 9.30 Å². The number of carbonyl (C=O) groups is 1. The van der Waals surface area contributed by atoms with Crippen molar-refractivity contribution < 1.29 is 9.53 Å². The highest BCUT2D eigenvalue weighted by Gasteiger charge is 2.19. The van der Waals surface area contributed by atoms with Crippen LogP contribution in [-0.4, -0.2) is 42.3 Å². The molecule has 0 saturated carbocycles. The van der Waals surface area contributed by atoms with Gasteiger partial charge in [-0.3, -0.25) is 9.69 Å². The number of aromatic nitrogens is 1. The molecular weight excluding hydrogens is 228 g/mol. The molecule has 0 radical (unpaired) electrons. The summed E-state index contributed by atoms with van der Waals surface area (Å²) in [6.07, 6.45) is 3.75. The fourth-order valence-corrected chi connectivity index (χ4v) is 1.88. The maximum Gasteiger partial charge on any atom is 0.181 e. The molecule has 0 aliphatic rings. The van der Waals surface area contributed by atoms with E-state index in [2.05, 4.69) is 0 Å². The van der Waals surface area contributed by atoms with Gasteiger partial charge in [-0.15, -0.1) is 0 Å². The number of ether oxygens (including phenoxy) is 1. The molecule has 0 aliphatic heterocycles. The fraction of sp³-hybridized carbons (Fsp3) is 0.357. The number of carbonyl (C=O) groups excluding carboxylic acids is 1. The topological polar surface area (TPSA) is 34.0 Å². The molecule has 2 aromatic heterocycles. The highest BCUT2D eigenvalue weighted by atomic mass is 16.5. The number of Topliss-reactive ketones (excluding diaryl/α,β-unsaturated/α-hetero) is 1.